The van der Waals surface area contributed by atoms with E-state index in [2.05, 4.69) is 12.2 Å². The summed E-state index contributed by atoms with van der Waals surface area (Å²) in [6.45, 7) is 4.64. The fraction of sp³-hybridized carbons (Fsp3) is 0.625. The second kappa shape index (κ2) is 7.29. The predicted molar refractivity (Wildman–Crippen MR) is 83.9 cm³/mol. The summed E-state index contributed by atoms with van der Waals surface area (Å²) in [5.74, 6) is 1.21. The van der Waals surface area contributed by atoms with Gasteiger partial charge in [0.25, 0.3) is 0 Å². The van der Waals surface area contributed by atoms with Gasteiger partial charge in [0.1, 0.15) is 0 Å². The number of nitrogens with one attached hydrogen (secondary N) is 1. The topological polar surface area (TPSA) is 64.4 Å². The summed E-state index contributed by atoms with van der Waals surface area (Å²) in [7, 11) is 0. The van der Waals surface area contributed by atoms with Gasteiger partial charge in [-0.25, -0.2) is 0 Å². The third kappa shape index (κ3) is 4.62. The summed E-state index contributed by atoms with van der Waals surface area (Å²) in [5, 5.41) is 14.5. The summed E-state index contributed by atoms with van der Waals surface area (Å²) in [6.07, 6.45) is 5.73. The quantitative estimate of drug-likeness (QED) is 0.542. The molecular weight excluding hydrogens is 268 g/mol. The molecule has 0 heterocycles. The summed E-state index contributed by atoms with van der Waals surface area (Å²) in [4.78, 5) is 10.6. The minimum atomic E-state index is -0.393. The summed E-state index contributed by atoms with van der Waals surface area (Å²) < 4.78 is 5.52. The molecule has 1 aromatic rings. The summed E-state index contributed by atoms with van der Waals surface area (Å²) in [6, 6.07) is 5.48. The largest absolute Gasteiger partial charge is 0.487 e. The number of anilines is 1. The number of hydrogen-bond acceptors (Lipinski definition) is 4. The van der Waals surface area contributed by atoms with Crippen LogP contribution in [0.15, 0.2) is 18.2 Å². The molecule has 21 heavy (non-hydrogen) atoms. The third-order valence-electron chi connectivity index (χ3n) is 3.80. The van der Waals surface area contributed by atoms with Crippen LogP contribution in [0.5, 0.6) is 5.75 Å². The van der Waals surface area contributed by atoms with Crippen molar-refractivity contribution in [2.24, 2.45) is 5.92 Å². The van der Waals surface area contributed by atoms with Crippen LogP contribution < -0.4 is 10.1 Å². The van der Waals surface area contributed by atoms with E-state index in [-0.39, 0.29) is 5.69 Å². The van der Waals surface area contributed by atoms with E-state index in [1.807, 2.05) is 6.92 Å². The Balaban J connectivity index is 2.09. The number of hydrogen-bond donors (Lipinski definition) is 1. The molecule has 1 aromatic carbocycles. The van der Waals surface area contributed by atoms with Gasteiger partial charge in [-0.05, 0) is 31.2 Å². The average Bonchev–Trinajstić information content (AvgIpc) is 3.28. The normalized spacial score (nSPS) is 15.5. The van der Waals surface area contributed by atoms with Crippen LogP contribution in [-0.4, -0.2) is 17.6 Å². The van der Waals surface area contributed by atoms with Gasteiger partial charge in [-0.3, -0.25) is 10.1 Å². The maximum Gasteiger partial charge on any atom is 0.311 e. The van der Waals surface area contributed by atoms with Gasteiger partial charge in [-0.1, -0.05) is 26.7 Å². The second-order valence-electron chi connectivity index (χ2n) is 5.72. The molecule has 1 saturated carbocycles. The van der Waals surface area contributed by atoms with E-state index in [0.717, 1.165) is 24.4 Å². The molecular formula is C16H24N2O3. The highest BCUT2D eigenvalue weighted by molar-refractivity contribution is 5.58. The molecule has 0 aliphatic heterocycles. The van der Waals surface area contributed by atoms with Crippen molar-refractivity contribution in [2.75, 3.05) is 11.9 Å². The number of rotatable bonds is 9. The zero-order chi connectivity index (χ0) is 15.2. The number of nitro benzene ring substituents is 1. The second-order valence-corrected chi connectivity index (χ2v) is 5.72. The predicted octanol–water partition coefficient (Wildman–Crippen LogP) is 4.37. The van der Waals surface area contributed by atoms with Gasteiger partial charge in [0.15, 0.2) is 5.75 Å². The molecule has 1 N–H and O–H groups in total. The molecule has 1 aliphatic carbocycles. The maximum atomic E-state index is 11.0. The van der Waals surface area contributed by atoms with Crippen molar-refractivity contribution in [3.63, 3.8) is 0 Å². The molecule has 0 spiro atoms. The van der Waals surface area contributed by atoms with Gasteiger partial charge in [0, 0.05) is 23.9 Å². The SMILES string of the molecule is CCCOc1cc(NC(CC)CC2CC2)ccc1[N+](=O)[O-]. The fourth-order valence-electron chi connectivity index (χ4n) is 2.40. The summed E-state index contributed by atoms with van der Waals surface area (Å²) in [5.41, 5.74) is 0.934. The lowest BCUT2D eigenvalue weighted by molar-refractivity contribution is -0.385. The van der Waals surface area contributed by atoms with Crippen LogP contribution in [0.2, 0.25) is 0 Å². The monoisotopic (exact) mass is 292 g/mol. The van der Waals surface area contributed by atoms with Crippen molar-refractivity contribution >= 4 is 11.4 Å². The molecule has 0 bridgehead atoms. The number of ether oxygens (including phenoxy) is 1. The standard InChI is InChI=1S/C16H24N2O3/c1-3-9-21-16-11-14(7-8-15(16)18(19)20)17-13(4-2)10-12-5-6-12/h7-8,11-13,17H,3-6,9-10H2,1-2H3. The van der Waals surface area contributed by atoms with E-state index in [9.17, 15) is 10.1 Å². The molecule has 0 aromatic heterocycles. The first kappa shape index (κ1) is 15.6. The van der Waals surface area contributed by atoms with Crippen molar-refractivity contribution in [1.82, 2.24) is 0 Å². The van der Waals surface area contributed by atoms with Gasteiger partial charge in [0.2, 0.25) is 0 Å². The van der Waals surface area contributed by atoms with Gasteiger partial charge in [0.05, 0.1) is 11.5 Å². The Hall–Kier alpha value is -1.78. The molecule has 5 nitrogen and oxygen atoms in total. The van der Waals surface area contributed by atoms with E-state index in [1.54, 1.807) is 12.1 Å². The van der Waals surface area contributed by atoms with Crippen LogP contribution in [0, 0.1) is 16.0 Å². The van der Waals surface area contributed by atoms with Crippen LogP contribution in [0.4, 0.5) is 11.4 Å². The van der Waals surface area contributed by atoms with Gasteiger partial charge in [-0.2, -0.15) is 0 Å². The Bertz CT molecular complexity index is 486. The van der Waals surface area contributed by atoms with Crippen molar-refractivity contribution < 1.29 is 9.66 Å². The first-order chi connectivity index (χ1) is 10.1. The lowest BCUT2D eigenvalue weighted by Crippen LogP contribution is -2.19. The highest BCUT2D eigenvalue weighted by atomic mass is 16.6. The minimum absolute atomic E-state index is 0.0317. The first-order valence-corrected chi connectivity index (χ1v) is 7.81. The highest BCUT2D eigenvalue weighted by Crippen LogP contribution is 2.36. The van der Waals surface area contributed by atoms with E-state index in [1.165, 1.54) is 25.3 Å². The van der Waals surface area contributed by atoms with E-state index < -0.39 is 4.92 Å². The Labute approximate surface area is 125 Å². The van der Waals surface area contributed by atoms with Crippen molar-refractivity contribution in [3.8, 4) is 5.75 Å². The van der Waals surface area contributed by atoms with Crippen molar-refractivity contribution in [1.29, 1.82) is 0 Å². The van der Waals surface area contributed by atoms with Crippen molar-refractivity contribution in [3.05, 3.63) is 28.3 Å². The zero-order valence-electron chi connectivity index (χ0n) is 12.8. The molecule has 5 heteroatoms. The van der Waals surface area contributed by atoms with Crippen LogP contribution in [-0.2, 0) is 0 Å². The smallest absolute Gasteiger partial charge is 0.311 e. The molecule has 1 atom stereocenters. The van der Waals surface area contributed by atoms with E-state index in [0.29, 0.717) is 18.4 Å². The highest BCUT2D eigenvalue weighted by Gasteiger charge is 2.25. The van der Waals surface area contributed by atoms with Gasteiger partial charge in [-0.15, -0.1) is 0 Å². The molecule has 1 fully saturated rings. The van der Waals surface area contributed by atoms with Crippen LogP contribution in [0.25, 0.3) is 0 Å². The van der Waals surface area contributed by atoms with Crippen LogP contribution in [0.1, 0.15) is 46.0 Å². The molecule has 2 rings (SSSR count). The third-order valence-corrected chi connectivity index (χ3v) is 3.80. The average molecular weight is 292 g/mol. The Morgan fingerprint density at radius 3 is 2.76 bits per heavy atom. The molecule has 0 radical (unpaired) electrons. The maximum absolute atomic E-state index is 11.0. The Morgan fingerprint density at radius 2 is 2.19 bits per heavy atom. The van der Waals surface area contributed by atoms with Crippen LogP contribution in [0.3, 0.4) is 0 Å². The van der Waals surface area contributed by atoms with Crippen LogP contribution >= 0.6 is 0 Å². The number of nitro groups is 1. The molecule has 0 amide bonds. The molecule has 1 aliphatic rings. The zero-order valence-corrected chi connectivity index (χ0v) is 12.8. The first-order valence-electron chi connectivity index (χ1n) is 7.81. The number of nitrogens with zero attached hydrogens (tertiary/aromatic N) is 1. The number of benzene rings is 1. The van der Waals surface area contributed by atoms with Gasteiger partial charge >= 0.3 is 5.69 Å². The van der Waals surface area contributed by atoms with Crippen molar-refractivity contribution in [2.45, 2.75) is 52.0 Å². The lowest BCUT2D eigenvalue weighted by Gasteiger charge is -2.18. The Morgan fingerprint density at radius 1 is 1.43 bits per heavy atom. The van der Waals surface area contributed by atoms with E-state index >= 15 is 0 Å². The molecule has 116 valence electrons. The summed E-state index contributed by atoms with van der Waals surface area (Å²) >= 11 is 0. The molecule has 1 unspecified atom stereocenters. The van der Waals surface area contributed by atoms with Gasteiger partial charge < -0.3 is 10.1 Å². The minimum Gasteiger partial charge on any atom is -0.487 e. The molecule has 0 saturated heterocycles. The Kier molecular flexibility index (Phi) is 5.42. The fourth-order valence-corrected chi connectivity index (χ4v) is 2.40. The van der Waals surface area contributed by atoms with E-state index in [4.69, 9.17) is 4.74 Å². The lowest BCUT2D eigenvalue weighted by atomic mass is 10.1.